The molecular weight excluding hydrogens is 869 g/mol. The fraction of sp³-hybridized carbons (Fsp3) is 0.0462. The normalized spacial score (nSPS) is 12.5. The minimum atomic E-state index is 0.162. The molecule has 6 nitrogen and oxygen atoms in total. The summed E-state index contributed by atoms with van der Waals surface area (Å²) in [5, 5.41) is 25.7. The van der Waals surface area contributed by atoms with E-state index in [0.717, 1.165) is 116 Å². The Morgan fingerprint density at radius 2 is 1.10 bits per heavy atom. The molecule has 0 saturated carbocycles. The van der Waals surface area contributed by atoms with Crippen molar-refractivity contribution in [2.24, 2.45) is 4.99 Å². The molecule has 0 radical (unpaired) electrons. The smallest absolute Gasteiger partial charge is 0.152 e. The average Bonchev–Trinajstić information content (AvgIpc) is 4.17. The van der Waals surface area contributed by atoms with Crippen molar-refractivity contribution in [1.82, 2.24) is 9.55 Å². The third-order valence-corrected chi connectivity index (χ3v) is 14.8. The van der Waals surface area contributed by atoms with Gasteiger partial charge in [-0.2, -0.15) is 0 Å². The standard InChI is InChI=1S/C65H42N4O2/c1-2-13-53(48-23-12-25-59-62(48)51-31-43(26-27-58(51)70-59)45-21-11-22-47-46-20-9-10-24-54(46)67-64(45)47)68-65(66)44-34-57(63-52-30-39-16-5-8-19-42(39)35-60(52)71-61(63)36-44)69-55-32-40-17-6-3-14-37(40)28-49(55)50-29-38-15-4-7-18-41(38)33-56(50)69/h3-12,14-36,66-67H,2,13H2,1H3/b66-65?,68-53+. The lowest BCUT2D eigenvalue weighted by Gasteiger charge is -2.14. The zero-order valence-corrected chi connectivity index (χ0v) is 38.7. The molecule has 15 aromatic rings. The van der Waals surface area contributed by atoms with Crippen molar-refractivity contribution in [3.8, 4) is 16.8 Å². The predicted octanol–water partition coefficient (Wildman–Crippen LogP) is 18.0. The van der Waals surface area contributed by atoms with Crippen LogP contribution < -0.4 is 0 Å². The fourth-order valence-electron chi connectivity index (χ4n) is 11.6. The first-order chi connectivity index (χ1) is 35.0. The summed E-state index contributed by atoms with van der Waals surface area (Å²) in [5.41, 5.74) is 13.1. The molecule has 11 aromatic carbocycles. The molecule has 15 rings (SSSR count). The highest BCUT2D eigenvalue weighted by molar-refractivity contribution is 6.24. The van der Waals surface area contributed by atoms with E-state index in [1.54, 1.807) is 0 Å². The van der Waals surface area contributed by atoms with Crippen molar-refractivity contribution in [2.45, 2.75) is 19.8 Å². The number of aromatic nitrogens is 2. The van der Waals surface area contributed by atoms with E-state index < -0.39 is 0 Å². The van der Waals surface area contributed by atoms with Gasteiger partial charge in [0, 0.05) is 59.9 Å². The first-order valence-electron chi connectivity index (χ1n) is 24.4. The number of furan rings is 2. The minimum Gasteiger partial charge on any atom is -0.456 e. The minimum absolute atomic E-state index is 0.162. The number of nitrogens with one attached hydrogen (secondary N) is 2. The molecule has 0 aliphatic carbocycles. The van der Waals surface area contributed by atoms with Gasteiger partial charge in [0.05, 0.1) is 33.3 Å². The summed E-state index contributed by atoms with van der Waals surface area (Å²) in [6.45, 7) is 2.17. The number of benzene rings is 11. The summed E-state index contributed by atoms with van der Waals surface area (Å²) >= 11 is 0. The van der Waals surface area contributed by atoms with Gasteiger partial charge in [0.2, 0.25) is 0 Å². The van der Waals surface area contributed by atoms with E-state index in [4.69, 9.17) is 13.8 Å². The second kappa shape index (κ2) is 15.1. The lowest BCUT2D eigenvalue weighted by atomic mass is 9.96. The van der Waals surface area contributed by atoms with E-state index in [1.807, 2.05) is 18.2 Å². The SMILES string of the molecule is CCC/C(=N\C(=N)c1cc(-n2c3cc4ccccc4cc3c3cc4ccccc4cc32)c2c(c1)oc1cc3ccccc3cc12)c1cccc2oc3ccc(-c4cccc5c4[nH]c4ccccc45)cc3c12. The maximum absolute atomic E-state index is 10.0. The lowest BCUT2D eigenvalue weighted by Crippen LogP contribution is -2.07. The van der Waals surface area contributed by atoms with Gasteiger partial charge in [0.1, 0.15) is 22.3 Å². The summed E-state index contributed by atoms with van der Waals surface area (Å²) in [5.74, 6) is 0.162. The van der Waals surface area contributed by atoms with Crippen molar-refractivity contribution < 1.29 is 8.83 Å². The Kier molecular flexibility index (Phi) is 8.46. The van der Waals surface area contributed by atoms with Crippen molar-refractivity contribution in [3.05, 3.63) is 211 Å². The van der Waals surface area contributed by atoms with Crippen molar-refractivity contribution in [2.75, 3.05) is 0 Å². The quantitative estimate of drug-likeness (QED) is 0.129. The maximum atomic E-state index is 10.0. The van der Waals surface area contributed by atoms with Crippen LogP contribution in [0, 0.1) is 5.41 Å². The molecule has 4 heterocycles. The highest BCUT2D eigenvalue weighted by Gasteiger charge is 2.23. The van der Waals surface area contributed by atoms with Gasteiger partial charge in [-0.25, -0.2) is 4.99 Å². The van der Waals surface area contributed by atoms with Gasteiger partial charge in [-0.3, -0.25) is 5.41 Å². The number of hydrogen-bond donors (Lipinski definition) is 2. The number of rotatable bonds is 6. The molecule has 0 spiro atoms. The van der Waals surface area contributed by atoms with Crippen LogP contribution in [0.25, 0.3) is 137 Å². The number of nitrogens with zero attached hydrogens (tertiary/aromatic N) is 2. The molecule has 0 aliphatic rings. The lowest BCUT2D eigenvalue weighted by molar-refractivity contribution is 0.668. The van der Waals surface area contributed by atoms with Crippen LogP contribution in [-0.4, -0.2) is 21.1 Å². The van der Waals surface area contributed by atoms with Gasteiger partial charge < -0.3 is 18.4 Å². The Balaban J connectivity index is 0.955. The van der Waals surface area contributed by atoms with Crippen molar-refractivity contribution >= 4 is 131 Å². The van der Waals surface area contributed by atoms with Crippen LogP contribution >= 0.6 is 0 Å². The van der Waals surface area contributed by atoms with Crippen LogP contribution in [0.1, 0.15) is 30.9 Å². The fourth-order valence-corrected chi connectivity index (χ4v) is 11.6. The Labute approximate surface area is 406 Å². The van der Waals surface area contributed by atoms with Gasteiger partial charge in [0.15, 0.2) is 5.84 Å². The van der Waals surface area contributed by atoms with Crippen LogP contribution in [0.3, 0.4) is 0 Å². The number of amidine groups is 1. The average molecular weight is 911 g/mol. The van der Waals surface area contributed by atoms with Crippen LogP contribution in [0.2, 0.25) is 0 Å². The van der Waals surface area contributed by atoms with Gasteiger partial charge in [-0.15, -0.1) is 0 Å². The highest BCUT2D eigenvalue weighted by Crippen LogP contribution is 2.44. The van der Waals surface area contributed by atoms with E-state index in [9.17, 15) is 5.41 Å². The molecule has 0 saturated heterocycles. The molecule has 2 N–H and O–H groups in total. The molecule has 0 fully saturated rings. The summed E-state index contributed by atoms with van der Waals surface area (Å²) in [7, 11) is 0. The van der Waals surface area contributed by atoms with Crippen LogP contribution in [-0.2, 0) is 0 Å². The Hall–Kier alpha value is -9.26. The van der Waals surface area contributed by atoms with E-state index in [1.165, 1.54) is 32.3 Å². The Morgan fingerprint density at radius 1 is 0.493 bits per heavy atom. The number of aromatic amines is 1. The van der Waals surface area contributed by atoms with E-state index in [2.05, 4.69) is 198 Å². The van der Waals surface area contributed by atoms with Gasteiger partial charge in [-0.1, -0.05) is 141 Å². The Bertz CT molecular complexity index is 4710. The molecule has 0 bridgehead atoms. The van der Waals surface area contributed by atoms with Gasteiger partial charge in [-0.05, 0) is 117 Å². The predicted molar refractivity (Wildman–Crippen MR) is 297 cm³/mol. The monoisotopic (exact) mass is 910 g/mol. The molecular formula is C65H42N4O2. The first-order valence-corrected chi connectivity index (χ1v) is 24.4. The molecule has 6 heteroatoms. The van der Waals surface area contributed by atoms with E-state index >= 15 is 0 Å². The maximum Gasteiger partial charge on any atom is 0.152 e. The second-order valence-corrected chi connectivity index (χ2v) is 19.0. The number of para-hydroxylation sites is 2. The van der Waals surface area contributed by atoms with Crippen LogP contribution in [0.15, 0.2) is 214 Å². The highest BCUT2D eigenvalue weighted by atomic mass is 16.3. The van der Waals surface area contributed by atoms with Crippen LogP contribution in [0.5, 0.6) is 0 Å². The zero-order chi connectivity index (χ0) is 46.9. The van der Waals surface area contributed by atoms with Gasteiger partial charge in [0.25, 0.3) is 0 Å². The summed E-state index contributed by atoms with van der Waals surface area (Å²) < 4.78 is 15.9. The van der Waals surface area contributed by atoms with Gasteiger partial charge >= 0.3 is 0 Å². The number of H-pyrrole nitrogens is 1. The zero-order valence-electron chi connectivity index (χ0n) is 38.7. The van der Waals surface area contributed by atoms with E-state index in [0.29, 0.717) is 17.6 Å². The Morgan fingerprint density at radius 3 is 1.82 bits per heavy atom. The molecule has 4 aromatic heterocycles. The largest absolute Gasteiger partial charge is 0.456 e. The summed E-state index contributed by atoms with van der Waals surface area (Å²) in [6.07, 6.45) is 1.51. The number of fused-ring (bicyclic) bond motifs is 15. The third kappa shape index (κ3) is 6.01. The molecule has 0 amide bonds. The number of hydrogen-bond acceptors (Lipinski definition) is 3. The summed E-state index contributed by atoms with van der Waals surface area (Å²) in [4.78, 5) is 9.03. The number of aliphatic imine (C=N–C) groups is 1. The third-order valence-electron chi connectivity index (χ3n) is 14.8. The molecule has 0 unspecified atom stereocenters. The molecule has 71 heavy (non-hydrogen) atoms. The second-order valence-electron chi connectivity index (χ2n) is 19.0. The van der Waals surface area contributed by atoms with Crippen molar-refractivity contribution in [3.63, 3.8) is 0 Å². The molecule has 0 atom stereocenters. The topological polar surface area (TPSA) is 83.2 Å². The summed E-state index contributed by atoms with van der Waals surface area (Å²) in [6, 6.07) is 71.2. The van der Waals surface area contributed by atoms with Crippen LogP contribution in [0.4, 0.5) is 0 Å². The molecule has 334 valence electrons. The van der Waals surface area contributed by atoms with Crippen molar-refractivity contribution in [1.29, 1.82) is 5.41 Å². The first kappa shape index (κ1) is 39.7. The van der Waals surface area contributed by atoms with E-state index in [-0.39, 0.29) is 5.84 Å². The molecule has 0 aliphatic heterocycles.